The Morgan fingerprint density at radius 3 is 2.79 bits per heavy atom. The fourth-order valence-corrected chi connectivity index (χ4v) is 3.27. The highest BCUT2D eigenvalue weighted by atomic mass is 16.5. The Hall–Kier alpha value is -0.160. The predicted octanol–water partition coefficient (Wildman–Crippen LogP) is 1.50. The summed E-state index contributed by atoms with van der Waals surface area (Å²) in [6.45, 7) is 9.19. The molecule has 0 aromatic carbocycles. The fraction of sp³-hybridized carbons (Fsp3) is 1.00. The first-order chi connectivity index (χ1) is 9.27. The summed E-state index contributed by atoms with van der Waals surface area (Å²) in [5, 5.41) is 3.64. The number of hydrogen-bond acceptors (Lipinski definition) is 4. The van der Waals surface area contributed by atoms with Gasteiger partial charge in [-0.1, -0.05) is 6.92 Å². The largest absolute Gasteiger partial charge is 0.383 e. The second-order valence-electron chi connectivity index (χ2n) is 5.90. The van der Waals surface area contributed by atoms with Gasteiger partial charge in [0.15, 0.2) is 0 Å². The minimum absolute atomic E-state index is 0.499. The van der Waals surface area contributed by atoms with Gasteiger partial charge in [0.25, 0.3) is 0 Å². The first-order valence-electron chi connectivity index (χ1n) is 7.83. The van der Waals surface area contributed by atoms with Gasteiger partial charge in [-0.05, 0) is 38.6 Å². The van der Waals surface area contributed by atoms with Gasteiger partial charge in [0.05, 0.1) is 13.2 Å². The van der Waals surface area contributed by atoms with Crippen molar-refractivity contribution in [3.63, 3.8) is 0 Å². The lowest BCUT2D eigenvalue weighted by atomic mass is 9.99. The third kappa shape index (κ3) is 4.15. The Morgan fingerprint density at radius 2 is 2.16 bits per heavy atom. The molecule has 0 aromatic heterocycles. The van der Waals surface area contributed by atoms with Gasteiger partial charge in [-0.2, -0.15) is 0 Å². The molecule has 4 nitrogen and oxygen atoms in total. The number of nitrogens with zero attached hydrogens (tertiary/aromatic N) is 1. The monoisotopic (exact) mass is 270 g/mol. The number of nitrogens with one attached hydrogen (secondary N) is 1. The molecule has 3 unspecified atom stereocenters. The van der Waals surface area contributed by atoms with Crippen LogP contribution in [-0.4, -0.2) is 63.0 Å². The van der Waals surface area contributed by atoms with Crippen LogP contribution in [-0.2, 0) is 9.47 Å². The smallest absolute Gasteiger partial charge is 0.0637 e. The zero-order chi connectivity index (χ0) is 13.7. The molecule has 1 aliphatic carbocycles. The van der Waals surface area contributed by atoms with Crippen LogP contribution >= 0.6 is 0 Å². The van der Waals surface area contributed by atoms with Crippen molar-refractivity contribution in [3.05, 3.63) is 0 Å². The third-order valence-corrected chi connectivity index (χ3v) is 4.60. The fourth-order valence-electron chi connectivity index (χ4n) is 3.27. The third-order valence-electron chi connectivity index (χ3n) is 4.60. The molecule has 2 fully saturated rings. The van der Waals surface area contributed by atoms with Gasteiger partial charge in [0.2, 0.25) is 0 Å². The van der Waals surface area contributed by atoms with E-state index in [-0.39, 0.29) is 0 Å². The van der Waals surface area contributed by atoms with E-state index in [4.69, 9.17) is 9.47 Å². The quantitative estimate of drug-likeness (QED) is 0.725. The lowest BCUT2D eigenvalue weighted by Crippen LogP contribution is -2.58. The highest BCUT2D eigenvalue weighted by Crippen LogP contribution is 2.36. The van der Waals surface area contributed by atoms with Gasteiger partial charge in [0, 0.05) is 38.4 Å². The summed E-state index contributed by atoms with van der Waals surface area (Å²) in [7, 11) is 1.79. The summed E-state index contributed by atoms with van der Waals surface area (Å²) >= 11 is 0. The number of hydrogen-bond donors (Lipinski definition) is 1. The molecule has 2 aliphatic rings. The molecule has 0 radical (unpaired) electrons. The van der Waals surface area contributed by atoms with E-state index < -0.39 is 0 Å². The molecule has 1 N–H and O–H groups in total. The van der Waals surface area contributed by atoms with Crippen LogP contribution in [0.2, 0.25) is 0 Å². The lowest BCUT2D eigenvalue weighted by molar-refractivity contribution is -0.0281. The Bertz CT molecular complexity index is 257. The van der Waals surface area contributed by atoms with Gasteiger partial charge in [-0.25, -0.2) is 0 Å². The van der Waals surface area contributed by atoms with Crippen LogP contribution < -0.4 is 5.32 Å². The van der Waals surface area contributed by atoms with Crippen LogP contribution in [0.5, 0.6) is 0 Å². The minimum Gasteiger partial charge on any atom is -0.383 e. The second kappa shape index (κ2) is 7.58. The zero-order valence-corrected chi connectivity index (χ0v) is 12.7. The van der Waals surface area contributed by atoms with E-state index in [0.29, 0.717) is 18.1 Å². The van der Waals surface area contributed by atoms with Crippen molar-refractivity contribution in [2.75, 3.05) is 40.0 Å². The minimum atomic E-state index is 0.499. The second-order valence-corrected chi connectivity index (χ2v) is 5.90. The molecule has 1 saturated carbocycles. The van der Waals surface area contributed by atoms with Crippen molar-refractivity contribution in [3.8, 4) is 0 Å². The lowest BCUT2D eigenvalue weighted by Gasteiger charge is -2.43. The molecular weight excluding hydrogens is 240 g/mol. The molecule has 0 spiro atoms. The molecule has 112 valence electrons. The van der Waals surface area contributed by atoms with Gasteiger partial charge in [0.1, 0.15) is 0 Å². The molecule has 0 amide bonds. The van der Waals surface area contributed by atoms with Gasteiger partial charge in [-0.3, -0.25) is 4.90 Å². The number of ether oxygens (including phenoxy) is 2. The van der Waals surface area contributed by atoms with Crippen LogP contribution in [0.3, 0.4) is 0 Å². The van der Waals surface area contributed by atoms with E-state index in [9.17, 15) is 0 Å². The number of likely N-dealkylation sites (N-methyl/N-ethyl adjacent to an activating group) is 1. The van der Waals surface area contributed by atoms with E-state index in [1.165, 1.54) is 12.8 Å². The molecule has 0 aromatic rings. The standard InChI is InChI=1S/C15H30N2O2/c1-4-16-14-7-9-19-11-15(14)17(8-10-18-3)12(2)13-5-6-13/h12-16H,4-11H2,1-3H3. The normalized spacial score (nSPS) is 29.7. The summed E-state index contributed by atoms with van der Waals surface area (Å²) < 4.78 is 11.1. The Labute approximate surface area is 117 Å². The van der Waals surface area contributed by atoms with Crippen molar-refractivity contribution < 1.29 is 9.47 Å². The van der Waals surface area contributed by atoms with Gasteiger partial charge < -0.3 is 14.8 Å². The molecule has 1 heterocycles. The maximum absolute atomic E-state index is 5.75. The van der Waals surface area contributed by atoms with Crippen LogP contribution in [0, 0.1) is 5.92 Å². The Balaban J connectivity index is 2.00. The van der Waals surface area contributed by atoms with Crippen LogP contribution in [0.25, 0.3) is 0 Å². The zero-order valence-electron chi connectivity index (χ0n) is 12.7. The Morgan fingerprint density at radius 1 is 1.37 bits per heavy atom. The molecule has 4 heteroatoms. The summed E-state index contributed by atoms with van der Waals surface area (Å²) in [5.74, 6) is 0.890. The maximum Gasteiger partial charge on any atom is 0.0637 e. The summed E-state index contributed by atoms with van der Waals surface area (Å²) in [6, 6.07) is 1.72. The van der Waals surface area contributed by atoms with Crippen LogP contribution in [0.4, 0.5) is 0 Å². The number of rotatable bonds is 8. The van der Waals surface area contributed by atoms with Crippen LogP contribution in [0.15, 0.2) is 0 Å². The van der Waals surface area contributed by atoms with E-state index in [1.807, 2.05) is 0 Å². The van der Waals surface area contributed by atoms with Crippen molar-refractivity contribution in [1.29, 1.82) is 0 Å². The predicted molar refractivity (Wildman–Crippen MR) is 77.5 cm³/mol. The Kier molecular flexibility index (Phi) is 6.07. The molecule has 0 bridgehead atoms. The SMILES string of the molecule is CCNC1CCOCC1N(CCOC)C(C)C1CC1. The maximum atomic E-state index is 5.75. The topological polar surface area (TPSA) is 33.7 Å². The van der Waals surface area contributed by atoms with E-state index in [2.05, 4.69) is 24.1 Å². The molecule has 1 saturated heterocycles. The molecule has 3 atom stereocenters. The summed E-state index contributed by atoms with van der Waals surface area (Å²) in [6.07, 6.45) is 3.91. The number of methoxy groups -OCH3 is 1. The van der Waals surface area contributed by atoms with Crippen molar-refractivity contribution in [1.82, 2.24) is 10.2 Å². The van der Waals surface area contributed by atoms with Gasteiger partial charge in [-0.15, -0.1) is 0 Å². The van der Waals surface area contributed by atoms with Crippen molar-refractivity contribution in [2.45, 2.75) is 51.2 Å². The summed E-state index contributed by atoms with van der Waals surface area (Å²) in [4.78, 5) is 2.63. The van der Waals surface area contributed by atoms with E-state index in [0.717, 1.165) is 45.2 Å². The highest BCUT2D eigenvalue weighted by molar-refractivity contribution is 4.94. The average Bonchev–Trinajstić information content (AvgIpc) is 3.25. The van der Waals surface area contributed by atoms with Crippen molar-refractivity contribution >= 4 is 0 Å². The average molecular weight is 270 g/mol. The summed E-state index contributed by atoms with van der Waals surface area (Å²) in [5.41, 5.74) is 0. The first kappa shape index (κ1) is 15.2. The highest BCUT2D eigenvalue weighted by Gasteiger charge is 2.38. The van der Waals surface area contributed by atoms with E-state index in [1.54, 1.807) is 7.11 Å². The van der Waals surface area contributed by atoms with E-state index >= 15 is 0 Å². The first-order valence-corrected chi connectivity index (χ1v) is 7.83. The molecule has 1 aliphatic heterocycles. The molecule has 2 rings (SSSR count). The molecular formula is C15H30N2O2. The molecule has 19 heavy (non-hydrogen) atoms. The van der Waals surface area contributed by atoms with Crippen LogP contribution in [0.1, 0.15) is 33.1 Å². The van der Waals surface area contributed by atoms with Crippen molar-refractivity contribution in [2.24, 2.45) is 5.92 Å². The van der Waals surface area contributed by atoms with Gasteiger partial charge >= 0.3 is 0 Å².